The molecule has 2 aromatic rings. The van der Waals surface area contributed by atoms with E-state index in [1.165, 1.54) is 18.2 Å². The molecule has 0 aliphatic carbocycles. The molecular weight excluding hydrogens is 454 g/mol. The van der Waals surface area contributed by atoms with Crippen molar-refractivity contribution in [3.8, 4) is 0 Å². The van der Waals surface area contributed by atoms with Crippen molar-refractivity contribution in [3.05, 3.63) is 62.8 Å². The molecule has 0 radical (unpaired) electrons. The van der Waals surface area contributed by atoms with E-state index in [1.807, 2.05) is 0 Å². The number of nitrogens with zero attached hydrogens (tertiary/aromatic N) is 2. The molecule has 1 aromatic heterocycles. The lowest BCUT2D eigenvalue weighted by Gasteiger charge is -2.48. The van der Waals surface area contributed by atoms with Crippen molar-refractivity contribution in [2.75, 3.05) is 13.2 Å². The van der Waals surface area contributed by atoms with Gasteiger partial charge in [-0.15, -0.1) is 0 Å². The molecule has 8 heteroatoms. The monoisotopic (exact) mass is 470 g/mol. The summed E-state index contributed by atoms with van der Waals surface area (Å²) in [5, 5.41) is 0.0927. The molecule has 2 aliphatic rings. The third kappa shape index (κ3) is 3.67. The minimum Gasteiger partial charge on any atom is -0.464 e. The molecular formula is C20H18BrClF2N2O2. The average molecular weight is 472 g/mol. The summed E-state index contributed by atoms with van der Waals surface area (Å²) < 4.78 is 34.5. The Bertz CT molecular complexity index is 929. The zero-order chi connectivity index (χ0) is 19.9. The zero-order valence-corrected chi connectivity index (χ0v) is 17.3. The normalized spacial score (nSPS) is 24.9. The number of hydrogen-bond donors (Lipinski definition) is 0. The Balaban J connectivity index is 1.55. The smallest absolute Gasteiger partial charge is 0.312 e. The fourth-order valence-electron chi connectivity index (χ4n) is 4.13. The standard InChI is InChI=1S/C20H18BrClF2N2O2/c21-17-5-4-15(23)16(25-17)9-20-6-7-26(13(8-20)11-28-19(20)27)10-12-2-1-3-14(22)18(12)24/h1-5,13H,6-11H2. The highest BCUT2D eigenvalue weighted by atomic mass is 79.9. The number of esters is 1. The lowest BCUT2D eigenvalue weighted by molar-refractivity contribution is -0.175. The quantitative estimate of drug-likeness (QED) is 0.485. The molecule has 2 saturated heterocycles. The van der Waals surface area contributed by atoms with Crippen molar-refractivity contribution in [3.63, 3.8) is 0 Å². The lowest BCUT2D eigenvalue weighted by Crippen LogP contribution is -2.57. The van der Waals surface area contributed by atoms with Gasteiger partial charge in [0.25, 0.3) is 0 Å². The molecule has 2 atom stereocenters. The highest BCUT2D eigenvalue weighted by Crippen LogP contribution is 2.43. The van der Waals surface area contributed by atoms with Crippen LogP contribution in [0, 0.1) is 17.0 Å². The van der Waals surface area contributed by atoms with Crippen LogP contribution in [0.25, 0.3) is 0 Å². The average Bonchev–Trinajstić information content (AvgIpc) is 2.67. The molecule has 0 amide bonds. The van der Waals surface area contributed by atoms with Gasteiger partial charge < -0.3 is 4.74 Å². The van der Waals surface area contributed by atoms with Crippen LogP contribution in [0.2, 0.25) is 5.02 Å². The summed E-state index contributed by atoms with van der Waals surface area (Å²) in [5.41, 5.74) is -0.0427. The second-order valence-corrected chi connectivity index (χ2v) is 8.63. The predicted octanol–water partition coefficient (Wildman–Crippen LogP) is 4.53. The van der Waals surface area contributed by atoms with Crippen LogP contribution >= 0.6 is 27.5 Å². The number of carbonyl (C=O) groups excluding carboxylic acids is 1. The van der Waals surface area contributed by atoms with Crippen LogP contribution in [0.3, 0.4) is 0 Å². The number of halogens is 4. The third-order valence-corrected chi connectivity index (χ3v) is 6.39. The Morgan fingerprint density at radius 1 is 1.32 bits per heavy atom. The first-order valence-electron chi connectivity index (χ1n) is 9.03. The molecule has 3 heterocycles. The Morgan fingerprint density at radius 2 is 2.14 bits per heavy atom. The van der Waals surface area contributed by atoms with E-state index in [0.29, 0.717) is 36.1 Å². The summed E-state index contributed by atoms with van der Waals surface area (Å²) in [7, 11) is 0. The van der Waals surface area contributed by atoms with E-state index >= 15 is 0 Å². The van der Waals surface area contributed by atoms with Crippen molar-refractivity contribution in [2.24, 2.45) is 5.41 Å². The molecule has 1 aromatic carbocycles. The summed E-state index contributed by atoms with van der Waals surface area (Å²) in [6.45, 7) is 1.21. The number of hydrogen-bond acceptors (Lipinski definition) is 4. The first-order valence-corrected chi connectivity index (χ1v) is 10.2. The Labute approximate surface area is 175 Å². The number of benzene rings is 1. The second kappa shape index (κ2) is 7.69. The molecule has 2 bridgehead atoms. The van der Waals surface area contributed by atoms with Gasteiger partial charge in [-0.3, -0.25) is 9.69 Å². The Hall–Kier alpha value is -1.57. The predicted molar refractivity (Wildman–Crippen MR) is 104 cm³/mol. The minimum atomic E-state index is -0.805. The first kappa shape index (κ1) is 19.7. The molecule has 2 unspecified atom stereocenters. The highest BCUT2D eigenvalue weighted by Gasteiger charge is 2.50. The topological polar surface area (TPSA) is 42.4 Å². The molecule has 28 heavy (non-hydrogen) atoms. The fourth-order valence-corrected chi connectivity index (χ4v) is 4.67. The highest BCUT2D eigenvalue weighted by molar-refractivity contribution is 9.10. The lowest BCUT2D eigenvalue weighted by atomic mass is 9.70. The molecule has 4 nitrogen and oxygen atoms in total. The number of ether oxygens (including phenoxy) is 1. The number of cyclic esters (lactones) is 1. The summed E-state index contributed by atoms with van der Waals surface area (Å²) in [6, 6.07) is 7.76. The summed E-state index contributed by atoms with van der Waals surface area (Å²) in [5.74, 6) is -1.16. The van der Waals surface area contributed by atoms with Gasteiger partial charge in [0.15, 0.2) is 0 Å². The van der Waals surface area contributed by atoms with Crippen LogP contribution in [-0.2, 0) is 22.5 Å². The van der Waals surface area contributed by atoms with Crippen LogP contribution in [0.5, 0.6) is 0 Å². The van der Waals surface area contributed by atoms with Crippen LogP contribution in [0.4, 0.5) is 8.78 Å². The number of pyridine rings is 1. The minimum absolute atomic E-state index is 0.0555. The van der Waals surface area contributed by atoms with Gasteiger partial charge in [0.1, 0.15) is 22.8 Å². The van der Waals surface area contributed by atoms with Gasteiger partial charge >= 0.3 is 5.97 Å². The van der Waals surface area contributed by atoms with Gasteiger partial charge in [0.2, 0.25) is 0 Å². The molecule has 0 saturated carbocycles. The second-order valence-electron chi connectivity index (χ2n) is 7.41. The maximum Gasteiger partial charge on any atom is 0.312 e. The molecule has 148 valence electrons. The van der Waals surface area contributed by atoms with Crippen LogP contribution in [-0.4, -0.2) is 35.0 Å². The van der Waals surface area contributed by atoms with Gasteiger partial charge in [-0.2, -0.15) is 0 Å². The van der Waals surface area contributed by atoms with Crippen LogP contribution in [0.1, 0.15) is 24.1 Å². The van der Waals surface area contributed by atoms with Crippen molar-refractivity contribution < 1.29 is 18.3 Å². The summed E-state index contributed by atoms with van der Waals surface area (Å²) in [4.78, 5) is 18.9. The van der Waals surface area contributed by atoms with E-state index in [0.717, 1.165) is 0 Å². The van der Waals surface area contributed by atoms with Gasteiger partial charge in [-0.25, -0.2) is 13.8 Å². The van der Waals surface area contributed by atoms with Gasteiger partial charge in [-0.1, -0.05) is 23.7 Å². The fraction of sp³-hybridized carbons (Fsp3) is 0.400. The van der Waals surface area contributed by atoms with Gasteiger partial charge in [0.05, 0.1) is 16.1 Å². The summed E-state index contributed by atoms with van der Waals surface area (Å²) in [6.07, 6.45) is 1.22. The van der Waals surface area contributed by atoms with Crippen molar-refractivity contribution in [1.82, 2.24) is 9.88 Å². The number of fused-ring (bicyclic) bond motifs is 2. The number of likely N-dealkylation sites (tertiary alicyclic amines) is 1. The molecule has 2 aliphatic heterocycles. The zero-order valence-electron chi connectivity index (χ0n) is 14.9. The van der Waals surface area contributed by atoms with Crippen molar-refractivity contribution >= 4 is 33.5 Å². The van der Waals surface area contributed by atoms with E-state index in [9.17, 15) is 13.6 Å². The molecule has 0 spiro atoms. The van der Waals surface area contributed by atoms with E-state index in [2.05, 4.69) is 25.8 Å². The van der Waals surface area contributed by atoms with Gasteiger partial charge in [0, 0.05) is 31.1 Å². The summed E-state index contributed by atoms with van der Waals surface area (Å²) >= 11 is 9.14. The third-order valence-electron chi connectivity index (χ3n) is 5.66. The SMILES string of the molecule is O=C1OCC2CC1(Cc1nc(Br)ccc1F)CCN2Cc1cccc(Cl)c1F. The maximum absolute atomic E-state index is 14.3. The number of rotatable bonds is 4. The number of aromatic nitrogens is 1. The van der Waals surface area contributed by atoms with E-state index in [4.69, 9.17) is 16.3 Å². The largest absolute Gasteiger partial charge is 0.464 e. The molecule has 2 fully saturated rings. The Morgan fingerprint density at radius 3 is 2.96 bits per heavy atom. The van der Waals surface area contributed by atoms with Crippen molar-refractivity contribution in [1.29, 1.82) is 0 Å². The molecule has 4 rings (SSSR count). The van der Waals surface area contributed by atoms with Crippen molar-refractivity contribution in [2.45, 2.75) is 31.8 Å². The van der Waals surface area contributed by atoms with Crippen LogP contribution in [0.15, 0.2) is 34.9 Å². The van der Waals surface area contributed by atoms with E-state index < -0.39 is 17.0 Å². The van der Waals surface area contributed by atoms with Gasteiger partial charge in [-0.05, 0) is 47.0 Å². The first-order chi connectivity index (χ1) is 13.4. The van der Waals surface area contributed by atoms with Crippen LogP contribution < -0.4 is 0 Å². The number of carbonyl (C=O) groups is 1. The molecule has 0 N–H and O–H groups in total. The Kier molecular flexibility index (Phi) is 5.42. The van der Waals surface area contributed by atoms with E-state index in [1.54, 1.807) is 12.1 Å². The number of piperidine rings is 1. The maximum atomic E-state index is 14.3. The van der Waals surface area contributed by atoms with E-state index in [-0.39, 0.29) is 35.8 Å².